The second-order valence-electron chi connectivity index (χ2n) is 5.62. The van der Waals surface area contributed by atoms with Crippen molar-refractivity contribution < 1.29 is 22.6 Å². The number of aryl methyl sites for hydroxylation is 1. The first-order chi connectivity index (χ1) is 10.3. The molecule has 1 aromatic rings. The maximum Gasteiger partial charge on any atom is 0.235 e. The molecule has 0 spiro atoms. The van der Waals surface area contributed by atoms with Gasteiger partial charge in [-0.15, -0.1) is 0 Å². The number of sulfonamides is 1. The molecular weight excluding hydrogens is 306 g/mol. The smallest absolute Gasteiger partial charge is 0.235 e. The number of methoxy groups -OCH3 is 3. The van der Waals surface area contributed by atoms with Crippen molar-refractivity contribution in [3.63, 3.8) is 0 Å². The number of hydrogen-bond donors (Lipinski definition) is 1. The molecule has 0 bridgehead atoms. The first kappa shape index (κ1) is 16.9. The number of ether oxygens (including phenoxy) is 3. The molecule has 1 aliphatic rings. The maximum absolute atomic E-state index is 12.4. The molecule has 6 nitrogen and oxygen atoms in total. The maximum atomic E-state index is 12.4. The molecule has 7 heteroatoms. The highest BCUT2D eigenvalue weighted by molar-refractivity contribution is 7.92. The van der Waals surface area contributed by atoms with Gasteiger partial charge in [-0.3, -0.25) is 4.72 Å². The Labute approximate surface area is 131 Å². The van der Waals surface area contributed by atoms with Gasteiger partial charge in [0.05, 0.1) is 31.3 Å². The van der Waals surface area contributed by atoms with E-state index in [2.05, 4.69) is 4.72 Å². The third-order valence-corrected chi connectivity index (χ3v) is 5.58. The van der Waals surface area contributed by atoms with Crippen molar-refractivity contribution in [3.05, 3.63) is 17.7 Å². The molecule has 1 aromatic carbocycles. The van der Waals surface area contributed by atoms with E-state index in [9.17, 15) is 8.42 Å². The minimum atomic E-state index is -3.50. The lowest BCUT2D eigenvalue weighted by molar-refractivity contribution is -0.0524. The van der Waals surface area contributed by atoms with Crippen LogP contribution in [0.2, 0.25) is 0 Å². The first-order valence-corrected chi connectivity index (χ1v) is 8.78. The zero-order valence-corrected chi connectivity index (χ0v) is 14.2. The minimum Gasteiger partial charge on any atom is -0.493 e. The second kappa shape index (κ2) is 6.34. The fourth-order valence-electron chi connectivity index (χ4n) is 2.62. The number of rotatable bonds is 7. The Morgan fingerprint density at radius 2 is 1.73 bits per heavy atom. The Hall–Kier alpha value is -1.47. The van der Waals surface area contributed by atoms with Crippen molar-refractivity contribution in [2.24, 2.45) is 0 Å². The van der Waals surface area contributed by atoms with E-state index >= 15 is 0 Å². The van der Waals surface area contributed by atoms with Gasteiger partial charge in [-0.25, -0.2) is 8.42 Å². The van der Waals surface area contributed by atoms with Crippen LogP contribution in [0.4, 0.5) is 5.69 Å². The summed E-state index contributed by atoms with van der Waals surface area (Å²) >= 11 is 0. The average Bonchev–Trinajstić information content (AvgIpc) is 2.44. The molecular formula is C15H23NO5S. The molecule has 0 unspecified atom stereocenters. The summed E-state index contributed by atoms with van der Waals surface area (Å²) in [5, 5.41) is 0. The van der Waals surface area contributed by atoms with Gasteiger partial charge in [0, 0.05) is 13.2 Å². The zero-order chi connectivity index (χ0) is 16.4. The molecule has 2 rings (SSSR count). The molecule has 0 atom stereocenters. The molecule has 0 saturated heterocycles. The molecule has 1 saturated carbocycles. The Kier molecular flexibility index (Phi) is 4.87. The van der Waals surface area contributed by atoms with Crippen molar-refractivity contribution in [3.8, 4) is 11.5 Å². The predicted octanol–water partition coefficient (Wildman–Crippen LogP) is 2.32. The van der Waals surface area contributed by atoms with Gasteiger partial charge in [0.15, 0.2) is 11.5 Å². The van der Waals surface area contributed by atoms with Gasteiger partial charge in [-0.05, 0) is 37.8 Å². The van der Waals surface area contributed by atoms with Crippen molar-refractivity contribution >= 4 is 15.7 Å². The highest BCUT2D eigenvalue weighted by atomic mass is 32.2. The Morgan fingerprint density at radius 3 is 2.18 bits per heavy atom. The lowest BCUT2D eigenvalue weighted by Crippen LogP contribution is -2.46. The molecule has 1 aliphatic carbocycles. The lowest BCUT2D eigenvalue weighted by atomic mass is 9.82. The molecule has 0 radical (unpaired) electrons. The first-order valence-electron chi connectivity index (χ1n) is 7.13. The summed E-state index contributed by atoms with van der Waals surface area (Å²) < 4.78 is 43.3. The van der Waals surface area contributed by atoms with E-state index in [0.29, 0.717) is 17.2 Å². The summed E-state index contributed by atoms with van der Waals surface area (Å²) in [5.41, 5.74) is 0.709. The zero-order valence-electron chi connectivity index (χ0n) is 13.4. The van der Waals surface area contributed by atoms with Crippen LogP contribution in [0.25, 0.3) is 0 Å². The molecule has 1 N–H and O–H groups in total. The number of benzene rings is 1. The van der Waals surface area contributed by atoms with E-state index in [1.54, 1.807) is 26.4 Å². The van der Waals surface area contributed by atoms with E-state index in [0.717, 1.165) is 24.8 Å². The molecule has 1 fully saturated rings. The summed E-state index contributed by atoms with van der Waals surface area (Å²) in [6, 6.07) is 3.37. The normalized spacial score (nSPS) is 16.7. The van der Waals surface area contributed by atoms with Crippen LogP contribution in [0.15, 0.2) is 12.1 Å². The third kappa shape index (κ3) is 3.47. The van der Waals surface area contributed by atoms with Crippen LogP contribution in [0.1, 0.15) is 24.8 Å². The standard InChI is InChI=1S/C15H23NO5S/c1-11-8-13(19-2)14(20-3)9-12(11)16-22(17,18)10-15(21-4)6-5-7-15/h8-9,16H,5-7,10H2,1-4H3. The molecule has 22 heavy (non-hydrogen) atoms. The average molecular weight is 329 g/mol. The van der Waals surface area contributed by atoms with E-state index in [-0.39, 0.29) is 5.75 Å². The fraction of sp³-hybridized carbons (Fsp3) is 0.600. The van der Waals surface area contributed by atoms with E-state index in [4.69, 9.17) is 14.2 Å². The second-order valence-corrected chi connectivity index (χ2v) is 7.35. The molecule has 0 aliphatic heterocycles. The van der Waals surface area contributed by atoms with Crippen molar-refractivity contribution in [2.45, 2.75) is 31.8 Å². The van der Waals surface area contributed by atoms with Crippen LogP contribution >= 0.6 is 0 Å². The van der Waals surface area contributed by atoms with E-state index in [1.807, 2.05) is 6.92 Å². The van der Waals surface area contributed by atoms with Crippen molar-refractivity contribution in [1.29, 1.82) is 0 Å². The molecule has 0 amide bonds. The highest BCUT2D eigenvalue weighted by Crippen LogP contribution is 2.37. The van der Waals surface area contributed by atoms with Crippen LogP contribution in [0.3, 0.4) is 0 Å². The molecule has 0 heterocycles. The van der Waals surface area contributed by atoms with Crippen molar-refractivity contribution in [1.82, 2.24) is 0 Å². The van der Waals surface area contributed by atoms with Gasteiger partial charge >= 0.3 is 0 Å². The Balaban J connectivity index is 2.22. The van der Waals surface area contributed by atoms with Gasteiger partial charge in [-0.2, -0.15) is 0 Å². The van der Waals surface area contributed by atoms with Gasteiger partial charge in [0.2, 0.25) is 10.0 Å². The third-order valence-electron chi connectivity index (χ3n) is 4.15. The van der Waals surface area contributed by atoms with E-state index in [1.165, 1.54) is 7.11 Å². The van der Waals surface area contributed by atoms with Gasteiger partial charge in [0.1, 0.15) is 0 Å². The van der Waals surface area contributed by atoms with Crippen LogP contribution in [0.5, 0.6) is 11.5 Å². The van der Waals surface area contributed by atoms with Gasteiger partial charge < -0.3 is 14.2 Å². The minimum absolute atomic E-state index is 0.0374. The summed E-state index contributed by atoms with van der Waals surface area (Å²) in [7, 11) is 1.12. The molecule has 0 aromatic heterocycles. The van der Waals surface area contributed by atoms with E-state index < -0.39 is 15.6 Å². The monoisotopic (exact) mass is 329 g/mol. The largest absolute Gasteiger partial charge is 0.493 e. The SMILES string of the molecule is COc1cc(C)c(NS(=O)(=O)CC2(OC)CCC2)cc1OC. The Morgan fingerprint density at radius 1 is 1.14 bits per heavy atom. The summed E-state index contributed by atoms with van der Waals surface area (Å²) in [6.07, 6.45) is 2.55. The lowest BCUT2D eigenvalue weighted by Gasteiger charge is -2.40. The number of hydrogen-bond acceptors (Lipinski definition) is 5. The number of nitrogens with one attached hydrogen (secondary N) is 1. The summed E-state index contributed by atoms with van der Waals surface area (Å²) in [5.74, 6) is 1.01. The van der Waals surface area contributed by atoms with Crippen LogP contribution in [-0.4, -0.2) is 41.1 Å². The highest BCUT2D eigenvalue weighted by Gasteiger charge is 2.41. The quantitative estimate of drug-likeness (QED) is 0.831. The Bertz CT molecular complexity index is 632. The van der Waals surface area contributed by atoms with Crippen LogP contribution < -0.4 is 14.2 Å². The fourth-order valence-corrected chi connectivity index (χ4v) is 4.35. The molecule has 124 valence electrons. The van der Waals surface area contributed by atoms with Gasteiger partial charge in [0.25, 0.3) is 0 Å². The van der Waals surface area contributed by atoms with Crippen molar-refractivity contribution in [2.75, 3.05) is 31.8 Å². The van der Waals surface area contributed by atoms with Crippen LogP contribution in [0, 0.1) is 6.92 Å². The van der Waals surface area contributed by atoms with Crippen LogP contribution in [-0.2, 0) is 14.8 Å². The van der Waals surface area contributed by atoms with Gasteiger partial charge in [-0.1, -0.05) is 0 Å². The predicted molar refractivity (Wildman–Crippen MR) is 85.3 cm³/mol. The summed E-state index contributed by atoms with van der Waals surface area (Å²) in [4.78, 5) is 0. The topological polar surface area (TPSA) is 73.9 Å². The summed E-state index contributed by atoms with van der Waals surface area (Å²) in [6.45, 7) is 1.81. The number of anilines is 1.